The van der Waals surface area contributed by atoms with Crippen LogP contribution in [0.4, 0.5) is 0 Å². The Morgan fingerprint density at radius 2 is 1.73 bits per heavy atom. The predicted octanol–water partition coefficient (Wildman–Crippen LogP) is 5.08. The van der Waals surface area contributed by atoms with E-state index in [1.165, 1.54) is 0 Å². The summed E-state index contributed by atoms with van der Waals surface area (Å²) in [4.78, 5) is 12.7. The van der Waals surface area contributed by atoms with Gasteiger partial charge in [-0.2, -0.15) is 5.10 Å². The molecule has 0 unspecified atom stereocenters. The minimum absolute atomic E-state index is 0.00968. The van der Waals surface area contributed by atoms with Crippen molar-refractivity contribution in [1.82, 2.24) is 15.1 Å². The predicted molar refractivity (Wildman–Crippen MR) is 126 cm³/mol. The molecule has 2 heterocycles. The molecular weight excluding hydrogens is 414 g/mol. The number of aromatic nitrogens is 2. The highest BCUT2D eigenvalue weighted by atomic mass is 16.7. The molecule has 1 aliphatic rings. The Morgan fingerprint density at radius 3 is 2.52 bits per heavy atom. The van der Waals surface area contributed by atoms with Crippen LogP contribution in [0.25, 0.3) is 16.9 Å². The lowest BCUT2D eigenvalue weighted by Gasteiger charge is -2.14. The third-order valence-electron chi connectivity index (χ3n) is 5.76. The summed E-state index contributed by atoms with van der Waals surface area (Å²) in [5, 5.41) is 7.95. The van der Waals surface area contributed by atoms with Crippen molar-refractivity contribution in [3.63, 3.8) is 0 Å². The Kier molecular flexibility index (Phi) is 5.81. The molecule has 5 rings (SSSR count). The maximum absolute atomic E-state index is 12.7. The van der Waals surface area contributed by atoms with E-state index < -0.39 is 0 Å². The highest BCUT2D eigenvalue weighted by Crippen LogP contribution is 2.36. The van der Waals surface area contributed by atoms with Gasteiger partial charge < -0.3 is 14.8 Å². The minimum atomic E-state index is -0.0425. The average Bonchev–Trinajstić information content (AvgIpc) is 3.50. The summed E-state index contributed by atoms with van der Waals surface area (Å²) < 4.78 is 12.9. The highest BCUT2D eigenvalue weighted by molar-refractivity contribution is 5.77. The average molecular weight is 440 g/mol. The number of nitrogens with one attached hydrogen (secondary N) is 1. The smallest absolute Gasteiger partial charge is 0.231 e. The van der Waals surface area contributed by atoms with Crippen molar-refractivity contribution < 1.29 is 14.3 Å². The molecule has 0 saturated carbocycles. The molecule has 1 N–H and O–H groups in total. The van der Waals surface area contributed by atoms with E-state index in [1.54, 1.807) is 0 Å². The van der Waals surface area contributed by atoms with E-state index in [9.17, 15) is 4.79 Å². The third-order valence-corrected chi connectivity index (χ3v) is 5.76. The lowest BCUT2D eigenvalue weighted by Crippen LogP contribution is -2.26. The normalized spacial score (nSPS) is 13.0. The van der Waals surface area contributed by atoms with Gasteiger partial charge in [-0.25, -0.2) is 4.68 Å². The van der Waals surface area contributed by atoms with Crippen molar-refractivity contribution in [2.75, 3.05) is 6.79 Å². The standard InChI is InChI=1S/C27H25N3O3/c1-19(20-8-4-2-5-9-20)28-26(31)15-13-22-17-30(23-10-6-3-7-11-23)29-27(22)21-12-14-24-25(16-21)33-18-32-24/h2-12,14,16-17,19H,13,15,18H2,1H3,(H,28,31)/t19-/m1/s1. The number of rotatable bonds is 7. The van der Waals surface area contributed by atoms with Crippen LogP contribution in [0.2, 0.25) is 0 Å². The van der Waals surface area contributed by atoms with Crippen LogP contribution in [0.3, 0.4) is 0 Å². The fraction of sp³-hybridized carbons (Fsp3) is 0.185. The summed E-state index contributed by atoms with van der Waals surface area (Å²) in [6.07, 6.45) is 2.95. The van der Waals surface area contributed by atoms with Crippen molar-refractivity contribution in [1.29, 1.82) is 0 Å². The number of fused-ring (bicyclic) bond motifs is 1. The molecule has 4 aromatic rings. The first-order valence-electron chi connectivity index (χ1n) is 11.1. The molecule has 1 amide bonds. The SMILES string of the molecule is C[C@@H](NC(=O)CCc1cn(-c2ccccc2)nc1-c1ccc2c(c1)OCO2)c1ccccc1. The molecule has 6 nitrogen and oxygen atoms in total. The number of amides is 1. The van der Waals surface area contributed by atoms with Gasteiger partial charge in [-0.15, -0.1) is 0 Å². The van der Waals surface area contributed by atoms with Gasteiger partial charge in [0.05, 0.1) is 17.4 Å². The molecule has 1 atom stereocenters. The van der Waals surface area contributed by atoms with Crippen LogP contribution < -0.4 is 14.8 Å². The third kappa shape index (κ3) is 4.60. The Balaban J connectivity index is 1.37. The number of carbonyl (C=O) groups is 1. The second kappa shape index (κ2) is 9.20. The summed E-state index contributed by atoms with van der Waals surface area (Å²) in [7, 11) is 0. The van der Waals surface area contributed by atoms with Crippen LogP contribution in [0, 0.1) is 0 Å². The van der Waals surface area contributed by atoms with E-state index in [-0.39, 0.29) is 18.7 Å². The van der Waals surface area contributed by atoms with Crippen LogP contribution in [-0.2, 0) is 11.2 Å². The van der Waals surface area contributed by atoms with E-state index in [0.717, 1.165) is 33.8 Å². The second-order valence-corrected chi connectivity index (χ2v) is 8.05. The molecule has 166 valence electrons. The molecule has 0 spiro atoms. The van der Waals surface area contributed by atoms with Crippen LogP contribution >= 0.6 is 0 Å². The molecule has 1 aromatic heterocycles. The zero-order valence-electron chi connectivity index (χ0n) is 18.4. The first-order valence-corrected chi connectivity index (χ1v) is 11.1. The number of aryl methyl sites for hydroxylation is 1. The lowest BCUT2D eigenvalue weighted by atomic mass is 10.0. The molecule has 1 aliphatic heterocycles. The van der Waals surface area contributed by atoms with Crippen LogP contribution in [-0.4, -0.2) is 22.5 Å². The molecule has 0 bridgehead atoms. The summed E-state index contributed by atoms with van der Waals surface area (Å²) in [5.74, 6) is 1.45. The number of carbonyl (C=O) groups excluding carboxylic acids is 1. The van der Waals surface area contributed by atoms with Crippen LogP contribution in [0.15, 0.2) is 85.1 Å². The molecule has 0 saturated heterocycles. The largest absolute Gasteiger partial charge is 0.454 e. The monoisotopic (exact) mass is 439 g/mol. The lowest BCUT2D eigenvalue weighted by molar-refractivity contribution is -0.121. The van der Waals surface area contributed by atoms with Gasteiger partial charge in [0, 0.05) is 18.2 Å². The molecule has 0 aliphatic carbocycles. The molecule has 33 heavy (non-hydrogen) atoms. The van der Waals surface area contributed by atoms with E-state index in [2.05, 4.69) is 5.32 Å². The number of nitrogens with zero attached hydrogens (tertiary/aromatic N) is 2. The number of hydrogen-bond donors (Lipinski definition) is 1. The first-order chi connectivity index (χ1) is 16.2. The van der Waals surface area contributed by atoms with E-state index in [1.807, 2.05) is 96.7 Å². The topological polar surface area (TPSA) is 65.4 Å². The van der Waals surface area contributed by atoms with Gasteiger partial charge >= 0.3 is 0 Å². The maximum Gasteiger partial charge on any atom is 0.231 e. The summed E-state index contributed by atoms with van der Waals surface area (Å²) in [5.41, 5.74) is 4.82. The molecular formula is C27H25N3O3. The van der Waals surface area contributed by atoms with Gasteiger partial charge in [0.1, 0.15) is 0 Å². The van der Waals surface area contributed by atoms with Gasteiger partial charge in [0.15, 0.2) is 11.5 Å². The van der Waals surface area contributed by atoms with Crippen molar-refractivity contribution in [3.05, 3.63) is 96.2 Å². The maximum atomic E-state index is 12.7. The number of benzene rings is 3. The second-order valence-electron chi connectivity index (χ2n) is 8.05. The Bertz CT molecular complexity index is 1250. The molecule has 3 aromatic carbocycles. The van der Waals surface area contributed by atoms with Crippen molar-refractivity contribution >= 4 is 5.91 Å². The van der Waals surface area contributed by atoms with Gasteiger partial charge in [0.25, 0.3) is 0 Å². The van der Waals surface area contributed by atoms with Crippen molar-refractivity contribution in [3.8, 4) is 28.4 Å². The van der Waals surface area contributed by atoms with Crippen molar-refractivity contribution in [2.45, 2.75) is 25.8 Å². The summed E-state index contributed by atoms with van der Waals surface area (Å²) in [6, 6.07) is 25.7. The zero-order chi connectivity index (χ0) is 22.6. The fourth-order valence-electron chi connectivity index (χ4n) is 3.98. The molecule has 6 heteroatoms. The van der Waals surface area contributed by atoms with Crippen LogP contribution in [0.1, 0.15) is 30.5 Å². The van der Waals surface area contributed by atoms with Gasteiger partial charge in [-0.3, -0.25) is 4.79 Å². The van der Waals surface area contributed by atoms with Gasteiger partial charge in [0.2, 0.25) is 12.7 Å². The summed E-state index contributed by atoms with van der Waals surface area (Å²) in [6.45, 7) is 2.22. The Hall–Kier alpha value is -4.06. The van der Waals surface area contributed by atoms with E-state index in [0.29, 0.717) is 18.6 Å². The Morgan fingerprint density at radius 1 is 1.00 bits per heavy atom. The molecule has 0 radical (unpaired) electrons. The number of ether oxygens (including phenoxy) is 2. The minimum Gasteiger partial charge on any atom is -0.454 e. The number of hydrogen-bond acceptors (Lipinski definition) is 4. The van der Waals surface area contributed by atoms with Gasteiger partial charge in [-0.1, -0.05) is 48.5 Å². The molecule has 0 fully saturated rings. The summed E-state index contributed by atoms with van der Waals surface area (Å²) >= 11 is 0. The first kappa shape index (κ1) is 20.8. The Labute approximate surface area is 192 Å². The highest BCUT2D eigenvalue weighted by Gasteiger charge is 2.19. The van der Waals surface area contributed by atoms with Gasteiger partial charge in [-0.05, 0) is 54.8 Å². The number of para-hydroxylation sites is 1. The van der Waals surface area contributed by atoms with E-state index >= 15 is 0 Å². The van der Waals surface area contributed by atoms with Crippen LogP contribution in [0.5, 0.6) is 11.5 Å². The van der Waals surface area contributed by atoms with E-state index in [4.69, 9.17) is 14.6 Å². The zero-order valence-corrected chi connectivity index (χ0v) is 18.4. The fourth-order valence-corrected chi connectivity index (χ4v) is 3.98. The van der Waals surface area contributed by atoms with Crippen molar-refractivity contribution in [2.24, 2.45) is 0 Å². The quantitative estimate of drug-likeness (QED) is 0.436.